The first-order valence-corrected chi connectivity index (χ1v) is 7.55. The summed E-state index contributed by atoms with van der Waals surface area (Å²) in [5.41, 5.74) is 2.24. The van der Waals surface area contributed by atoms with Crippen LogP contribution in [0.15, 0.2) is 48.8 Å². The molecule has 0 fully saturated rings. The molecule has 3 aromatic rings. The standard InChI is InChI=1S/C16H16FN3S/c1-20-8-2-3-14(20)15-10-19-16(21-15)11-18-9-12-4-6-13(17)7-5-12/h2-8,10,18H,9,11H2,1H3. The van der Waals surface area contributed by atoms with Crippen molar-refractivity contribution in [3.63, 3.8) is 0 Å². The van der Waals surface area contributed by atoms with Crippen LogP contribution in [0.4, 0.5) is 4.39 Å². The quantitative estimate of drug-likeness (QED) is 0.780. The van der Waals surface area contributed by atoms with Crippen LogP contribution in [0.25, 0.3) is 10.6 Å². The molecule has 1 aromatic carbocycles. The minimum absolute atomic E-state index is 0.203. The lowest BCUT2D eigenvalue weighted by atomic mass is 10.2. The first kappa shape index (κ1) is 14.0. The third-order valence-electron chi connectivity index (χ3n) is 3.27. The zero-order valence-corrected chi connectivity index (χ0v) is 12.5. The highest BCUT2D eigenvalue weighted by Gasteiger charge is 2.06. The molecule has 0 bridgehead atoms. The van der Waals surface area contributed by atoms with Crippen molar-refractivity contribution in [2.75, 3.05) is 0 Å². The van der Waals surface area contributed by atoms with Gasteiger partial charge in [0.05, 0.1) is 10.6 Å². The van der Waals surface area contributed by atoms with E-state index in [4.69, 9.17) is 0 Å². The Morgan fingerprint density at radius 2 is 2.00 bits per heavy atom. The lowest BCUT2D eigenvalue weighted by Crippen LogP contribution is -2.12. The molecule has 0 unspecified atom stereocenters. The topological polar surface area (TPSA) is 29.9 Å². The molecular weight excluding hydrogens is 285 g/mol. The molecule has 0 saturated carbocycles. The van der Waals surface area contributed by atoms with Crippen LogP contribution in [0.5, 0.6) is 0 Å². The summed E-state index contributed by atoms with van der Waals surface area (Å²) in [5.74, 6) is -0.203. The highest BCUT2D eigenvalue weighted by Crippen LogP contribution is 2.25. The molecule has 0 aliphatic heterocycles. The number of benzene rings is 1. The van der Waals surface area contributed by atoms with Crippen LogP contribution < -0.4 is 5.32 Å². The first-order chi connectivity index (χ1) is 10.2. The second-order valence-electron chi connectivity index (χ2n) is 4.85. The third kappa shape index (κ3) is 3.37. The van der Waals surface area contributed by atoms with Crippen LogP contribution in [0.3, 0.4) is 0 Å². The van der Waals surface area contributed by atoms with Crippen molar-refractivity contribution in [1.82, 2.24) is 14.9 Å². The molecule has 0 saturated heterocycles. The van der Waals surface area contributed by atoms with E-state index in [0.29, 0.717) is 13.1 Å². The molecule has 3 rings (SSSR count). The Balaban J connectivity index is 1.58. The lowest BCUT2D eigenvalue weighted by Gasteiger charge is -2.02. The van der Waals surface area contributed by atoms with Gasteiger partial charge in [-0.1, -0.05) is 12.1 Å². The SMILES string of the molecule is Cn1cccc1-c1cnc(CNCc2ccc(F)cc2)s1. The predicted molar refractivity (Wildman–Crippen MR) is 83.5 cm³/mol. The van der Waals surface area contributed by atoms with E-state index in [1.165, 1.54) is 22.7 Å². The van der Waals surface area contributed by atoms with E-state index in [0.717, 1.165) is 10.6 Å². The fraction of sp³-hybridized carbons (Fsp3) is 0.188. The van der Waals surface area contributed by atoms with Gasteiger partial charge in [0, 0.05) is 32.5 Å². The Labute approximate surface area is 127 Å². The zero-order chi connectivity index (χ0) is 14.7. The van der Waals surface area contributed by atoms with Crippen LogP contribution >= 0.6 is 11.3 Å². The van der Waals surface area contributed by atoms with Gasteiger partial charge in [-0.15, -0.1) is 11.3 Å². The summed E-state index contributed by atoms with van der Waals surface area (Å²) in [4.78, 5) is 5.61. The van der Waals surface area contributed by atoms with Crippen LogP contribution in [0.1, 0.15) is 10.6 Å². The van der Waals surface area contributed by atoms with Crippen molar-refractivity contribution in [3.05, 3.63) is 65.2 Å². The van der Waals surface area contributed by atoms with E-state index in [-0.39, 0.29) is 5.82 Å². The smallest absolute Gasteiger partial charge is 0.123 e. The molecule has 0 amide bonds. The van der Waals surface area contributed by atoms with Crippen molar-refractivity contribution in [2.45, 2.75) is 13.1 Å². The van der Waals surface area contributed by atoms with E-state index in [2.05, 4.69) is 20.9 Å². The molecule has 2 heterocycles. The number of thiazole rings is 1. The normalized spacial score (nSPS) is 11.0. The van der Waals surface area contributed by atoms with E-state index in [1.807, 2.05) is 25.5 Å². The van der Waals surface area contributed by atoms with Gasteiger partial charge >= 0.3 is 0 Å². The van der Waals surface area contributed by atoms with E-state index >= 15 is 0 Å². The number of hydrogen-bond acceptors (Lipinski definition) is 3. The van der Waals surface area contributed by atoms with Gasteiger partial charge in [0.25, 0.3) is 0 Å². The summed E-state index contributed by atoms with van der Waals surface area (Å²) in [6, 6.07) is 10.7. The molecule has 21 heavy (non-hydrogen) atoms. The molecule has 0 radical (unpaired) electrons. The Morgan fingerprint density at radius 1 is 1.19 bits per heavy atom. The van der Waals surface area contributed by atoms with Crippen LogP contribution in [-0.2, 0) is 20.1 Å². The van der Waals surface area contributed by atoms with Gasteiger partial charge in [-0.25, -0.2) is 9.37 Å². The second-order valence-corrected chi connectivity index (χ2v) is 5.97. The number of nitrogens with zero attached hydrogens (tertiary/aromatic N) is 2. The number of aryl methyl sites for hydroxylation is 1. The average molecular weight is 301 g/mol. The fourth-order valence-corrected chi connectivity index (χ4v) is 3.10. The Morgan fingerprint density at radius 3 is 2.71 bits per heavy atom. The van der Waals surface area contributed by atoms with Crippen LogP contribution in [0, 0.1) is 5.82 Å². The number of hydrogen-bond donors (Lipinski definition) is 1. The van der Waals surface area contributed by atoms with Crippen molar-refractivity contribution in [1.29, 1.82) is 0 Å². The summed E-state index contributed by atoms with van der Waals surface area (Å²) in [6.07, 6.45) is 3.94. The highest BCUT2D eigenvalue weighted by atomic mass is 32.1. The minimum atomic E-state index is -0.203. The van der Waals surface area contributed by atoms with E-state index in [9.17, 15) is 4.39 Å². The van der Waals surface area contributed by atoms with Crippen molar-refractivity contribution >= 4 is 11.3 Å². The Kier molecular flexibility index (Phi) is 4.13. The van der Waals surface area contributed by atoms with Gasteiger partial charge in [0.1, 0.15) is 10.8 Å². The summed E-state index contributed by atoms with van der Waals surface area (Å²) in [7, 11) is 2.03. The van der Waals surface area contributed by atoms with E-state index < -0.39 is 0 Å². The molecule has 5 heteroatoms. The maximum atomic E-state index is 12.8. The van der Waals surface area contributed by atoms with Gasteiger partial charge in [0.15, 0.2) is 0 Å². The summed E-state index contributed by atoms with van der Waals surface area (Å²) >= 11 is 1.69. The van der Waals surface area contributed by atoms with Crippen molar-refractivity contribution < 1.29 is 4.39 Å². The molecule has 1 N–H and O–H groups in total. The van der Waals surface area contributed by atoms with Gasteiger partial charge < -0.3 is 9.88 Å². The fourth-order valence-electron chi connectivity index (χ4n) is 2.14. The average Bonchev–Trinajstić information content (AvgIpc) is 3.10. The largest absolute Gasteiger partial charge is 0.350 e. The Hall–Kier alpha value is -1.98. The van der Waals surface area contributed by atoms with Crippen LogP contribution in [-0.4, -0.2) is 9.55 Å². The second kappa shape index (κ2) is 6.20. The maximum Gasteiger partial charge on any atom is 0.123 e. The van der Waals surface area contributed by atoms with Crippen LogP contribution in [0.2, 0.25) is 0 Å². The summed E-state index contributed by atoms with van der Waals surface area (Å²) in [6.45, 7) is 1.42. The molecular formula is C16H16FN3S. The molecule has 108 valence electrons. The number of aromatic nitrogens is 2. The van der Waals surface area contributed by atoms with Crippen molar-refractivity contribution in [3.8, 4) is 10.6 Å². The predicted octanol–water partition coefficient (Wildman–Crippen LogP) is 3.58. The maximum absolute atomic E-state index is 12.8. The minimum Gasteiger partial charge on any atom is -0.350 e. The zero-order valence-electron chi connectivity index (χ0n) is 11.7. The van der Waals surface area contributed by atoms with Gasteiger partial charge in [-0.3, -0.25) is 0 Å². The Bertz CT molecular complexity index is 715. The molecule has 0 aliphatic carbocycles. The van der Waals surface area contributed by atoms with Gasteiger partial charge in [-0.2, -0.15) is 0 Å². The summed E-state index contributed by atoms with van der Waals surface area (Å²) < 4.78 is 14.9. The van der Waals surface area contributed by atoms with Gasteiger partial charge in [0.2, 0.25) is 0 Å². The van der Waals surface area contributed by atoms with E-state index in [1.54, 1.807) is 23.5 Å². The number of halogens is 1. The molecule has 3 nitrogen and oxygen atoms in total. The summed E-state index contributed by atoms with van der Waals surface area (Å²) in [5, 5.41) is 4.38. The monoisotopic (exact) mass is 301 g/mol. The lowest BCUT2D eigenvalue weighted by molar-refractivity contribution is 0.625. The third-order valence-corrected chi connectivity index (χ3v) is 4.29. The number of nitrogens with one attached hydrogen (secondary N) is 1. The molecule has 2 aromatic heterocycles. The van der Waals surface area contributed by atoms with Gasteiger partial charge in [-0.05, 0) is 29.8 Å². The molecule has 0 aliphatic rings. The molecule has 0 spiro atoms. The first-order valence-electron chi connectivity index (χ1n) is 6.74. The van der Waals surface area contributed by atoms with Crippen molar-refractivity contribution in [2.24, 2.45) is 7.05 Å². The number of rotatable bonds is 5. The highest BCUT2D eigenvalue weighted by molar-refractivity contribution is 7.15. The molecule has 0 atom stereocenters.